The molecule has 90 valence electrons. The standard InChI is InChI=1S/C11H24O3Si/c1-6-7-8-9-10-11(2)15(12-3,13-4)14-5/h6,11H,1,7-10H2,2-5H3. The molecule has 0 fully saturated rings. The van der Waals surface area contributed by atoms with Gasteiger partial charge >= 0.3 is 8.80 Å². The summed E-state index contributed by atoms with van der Waals surface area (Å²) < 4.78 is 16.3. The predicted molar refractivity (Wildman–Crippen MR) is 64.9 cm³/mol. The Balaban J connectivity index is 4.02. The Bertz CT molecular complexity index is 161. The average molecular weight is 232 g/mol. The number of rotatable bonds is 9. The molecule has 1 atom stereocenters. The Labute approximate surface area is 94.8 Å². The molecule has 0 heterocycles. The molecule has 0 radical (unpaired) electrons. The Kier molecular flexibility index (Phi) is 7.96. The molecular weight excluding hydrogens is 208 g/mol. The molecular formula is C11H24O3Si. The normalized spacial score (nSPS) is 13.9. The number of allylic oxidation sites excluding steroid dienone is 1. The van der Waals surface area contributed by atoms with Crippen LogP contribution in [0.1, 0.15) is 32.6 Å². The van der Waals surface area contributed by atoms with E-state index < -0.39 is 8.80 Å². The molecule has 0 aromatic heterocycles. The van der Waals surface area contributed by atoms with Crippen molar-refractivity contribution >= 4 is 8.80 Å². The van der Waals surface area contributed by atoms with Crippen LogP contribution in [0.15, 0.2) is 12.7 Å². The van der Waals surface area contributed by atoms with E-state index in [4.69, 9.17) is 13.3 Å². The number of hydrogen-bond acceptors (Lipinski definition) is 3. The lowest BCUT2D eigenvalue weighted by atomic mass is 10.1. The summed E-state index contributed by atoms with van der Waals surface area (Å²) in [5.41, 5.74) is 0.349. The Hall–Kier alpha value is -0.163. The van der Waals surface area contributed by atoms with Crippen LogP contribution in [0.2, 0.25) is 5.54 Å². The maximum atomic E-state index is 5.43. The Morgan fingerprint density at radius 1 is 1.13 bits per heavy atom. The van der Waals surface area contributed by atoms with Crippen molar-refractivity contribution in [2.75, 3.05) is 21.3 Å². The van der Waals surface area contributed by atoms with Crippen molar-refractivity contribution < 1.29 is 13.3 Å². The van der Waals surface area contributed by atoms with Gasteiger partial charge in [-0.15, -0.1) is 6.58 Å². The van der Waals surface area contributed by atoms with Gasteiger partial charge in [-0.25, -0.2) is 0 Å². The monoisotopic (exact) mass is 232 g/mol. The van der Waals surface area contributed by atoms with Crippen molar-refractivity contribution in [3.05, 3.63) is 12.7 Å². The van der Waals surface area contributed by atoms with E-state index >= 15 is 0 Å². The summed E-state index contributed by atoms with van der Waals surface area (Å²) in [6.07, 6.45) is 6.45. The molecule has 0 rings (SSSR count). The second-order valence-corrected chi connectivity index (χ2v) is 7.11. The molecule has 4 heteroatoms. The van der Waals surface area contributed by atoms with E-state index in [1.165, 1.54) is 6.42 Å². The van der Waals surface area contributed by atoms with Gasteiger partial charge in [0.25, 0.3) is 0 Å². The highest BCUT2D eigenvalue weighted by Gasteiger charge is 2.43. The maximum absolute atomic E-state index is 5.43. The largest absolute Gasteiger partial charge is 0.503 e. The molecule has 0 N–H and O–H groups in total. The quantitative estimate of drug-likeness (QED) is 0.347. The molecule has 0 aliphatic heterocycles. The molecule has 0 saturated carbocycles. The summed E-state index contributed by atoms with van der Waals surface area (Å²) in [6.45, 7) is 5.84. The molecule has 0 aromatic rings. The number of unbranched alkanes of at least 4 members (excludes halogenated alkanes) is 2. The molecule has 1 unspecified atom stereocenters. The van der Waals surface area contributed by atoms with Crippen molar-refractivity contribution in [1.29, 1.82) is 0 Å². The van der Waals surface area contributed by atoms with Gasteiger partial charge in [-0.3, -0.25) is 0 Å². The zero-order chi connectivity index (χ0) is 11.7. The first-order valence-corrected chi connectivity index (χ1v) is 7.23. The number of hydrogen-bond donors (Lipinski definition) is 0. The van der Waals surface area contributed by atoms with Crippen LogP contribution in [-0.4, -0.2) is 30.1 Å². The molecule has 0 aromatic carbocycles. The average Bonchev–Trinajstić information content (AvgIpc) is 2.28. The van der Waals surface area contributed by atoms with Gasteiger partial charge in [-0.05, 0) is 19.3 Å². The Morgan fingerprint density at radius 2 is 1.67 bits per heavy atom. The van der Waals surface area contributed by atoms with E-state index in [-0.39, 0.29) is 0 Å². The lowest BCUT2D eigenvalue weighted by Crippen LogP contribution is -2.46. The van der Waals surface area contributed by atoms with Crippen LogP contribution in [0.5, 0.6) is 0 Å². The molecule has 0 saturated heterocycles. The molecule has 0 aliphatic rings. The van der Waals surface area contributed by atoms with Crippen LogP contribution >= 0.6 is 0 Å². The lowest BCUT2D eigenvalue weighted by Gasteiger charge is -2.30. The first-order valence-electron chi connectivity index (χ1n) is 5.43. The smallest absolute Gasteiger partial charge is 0.377 e. The fourth-order valence-corrected chi connectivity index (χ4v) is 4.03. The third-order valence-corrected chi connectivity index (χ3v) is 5.96. The summed E-state index contributed by atoms with van der Waals surface area (Å²) in [6, 6.07) is 0. The minimum Gasteiger partial charge on any atom is -0.377 e. The second kappa shape index (κ2) is 8.04. The summed E-state index contributed by atoms with van der Waals surface area (Å²) in [5, 5.41) is 0. The van der Waals surface area contributed by atoms with E-state index in [2.05, 4.69) is 13.5 Å². The van der Waals surface area contributed by atoms with E-state index in [9.17, 15) is 0 Å². The van der Waals surface area contributed by atoms with E-state index in [1.807, 2.05) is 6.08 Å². The SMILES string of the molecule is C=CCCCCC(C)[Si](OC)(OC)OC. The molecule has 0 bridgehead atoms. The summed E-state index contributed by atoms with van der Waals surface area (Å²) in [4.78, 5) is 0. The van der Waals surface area contributed by atoms with Gasteiger partial charge in [0.2, 0.25) is 0 Å². The highest BCUT2D eigenvalue weighted by atomic mass is 28.4. The molecule has 15 heavy (non-hydrogen) atoms. The van der Waals surface area contributed by atoms with Crippen LogP contribution in [0.3, 0.4) is 0 Å². The van der Waals surface area contributed by atoms with E-state index in [1.54, 1.807) is 21.3 Å². The van der Waals surface area contributed by atoms with Gasteiger partial charge in [0.05, 0.1) is 0 Å². The van der Waals surface area contributed by atoms with Gasteiger partial charge < -0.3 is 13.3 Å². The minimum atomic E-state index is -2.41. The first kappa shape index (κ1) is 14.8. The topological polar surface area (TPSA) is 27.7 Å². The zero-order valence-electron chi connectivity index (χ0n) is 10.4. The van der Waals surface area contributed by atoms with Gasteiger partial charge in [-0.2, -0.15) is 0 Å². The first-order chi connectivity index (χ1) is 7.16. The predicted octanol–water partition coefficient (Wildman–Crippen LogP) is 3.00. The van der Waals surface area contributed by atoms with Gasteiger partial charge in [0.15, 0.2) is 0 Å². The Morgan fingerprint density at radius 3 is 2.07 bits per heavy atom. The molecule has 0 amide bonds. The zero-order valence-corrected chi connectivity index (χ0v) is 11.4. The van der Waals surface area contributed by atoms with Gasteiger partial charge in [0.1, 0.15) is 0 Å². The van der Waals surface area contributed by atoms with Crippen molar-refractivity contribution in [1.82, 2.24) is 0 Å². The summed E-state index contributed by atoms with van der Waals surface area (Å²) in [7, 11) is 2.59. The summed E-state index contributed by atoms with van der Waals surface area (Å²) in [5.74, 6) is 0. The van der Waals surface area contributed by atoms with Crippen LogP contribution in [0.25, 0.3) is 0 Å². The van der Waals surface area contributed by atoms with Crippen molar-refractivity contribution in [2.24, 2.45) is 0 Å². The fraction of sp³-hybridized carbons (Fsp3) is 0.818. The second-order valence-electron chi connectivity index (χ2n) is 3.69. The van der Waals surface area contributed by atoms with Gasteiger partial charge in [0, 0.05) is 26.9 Å². The van der Waals surface area contributed by atoms with Crippen LogP contribution in [-0.2, 0) is 13.3 Å². The minimum absolute atomic E-state index is 0.349. The van der Waals surface area contributed by atoms with Gasteiger partial charge in [-0.1, -0.05) is 19.4 Å². The fourth-order valence-electron chi connectivity index (χ4n) is 1.77. The highest BCUT2D eigenvalue weighted by Crippen LogP contribution is 2.28. The van der Waals surface area contributed by atoms with Crippen LogP contribution in [0, 0.1) is 0 Å². The highest BCUT2D eigenvalue weighted by molar-refractivity contribution is 6.62. The maximum Gasteiger partial charge on any atom is 0.503 e. The van der Waals surface area contributed by atoms with Crippen molar-refractivity contribution in [3.8, 4) is 0 Å². The third-order valence-electron chi connectivity index (χ3n) is 2.75. The third kappa shape index (κ3) is 4.47. The van der Waals surface area contributed by atoms with E-state index in [0.717, 1.165) is 19.3 Å². The van der Waals surface area contributed by atoms with Crippen molar-refractivity contribution in [3.63, 3.8) is 0 Å². The van der Waals surface area contributed by atoms with Crippen LogP contribution in [0.4, 0.5) is 0 Å². The van der Waals surface area contributed by atoms with Crippen molar-refractivity contribution in [2.45, 2.75) is 38.1 Å². The molecule has 0 spiro atoms. The summed E-state index contributed by atoms with van der Waals surface area (Å²) >= 11 is 0. The molecule has 0 aliphatic carbocycles. The lowest BCUT2D eigenvalue weighted by molar-refractivity contribution is 0.111. The van der Waals surface area contributed by atoms with E-state index in [0.29, 0.717) is 5.54 Å². The van der Waals surface area contributed by atoms with Crippen LogP contribution < -0.4 is 0 Å². The molecule has 3 nitrogen and oxygen atoms in total.